The van der Waals surface area contributed by atoms with E-state index in [4.69, 9.17) is 0 Å². The van der Waals surface area contributed by atoms with Crippen LogP contribution < -0.4 is 10.0 Å². The summed E-state index contributed by atoms with van der Waals surface area (Å²) in [6.45, 7) is 3.10. The normalized spacial score (nSPS) is 21.7. The minimum absolute atomic E-state index is 0.0109. The van der Waals surface area contributed by atoms with E-state index >= 15 is 0 Å². The molecule has 0 aromatic rings. The van der Waals surface area contributed by atoms with E-state index in [1.807, 2.05) is 11.8 Å². The van der Waals surface area contributed by atoms with E-state index in [-0.39, 0.29) is 17.8 Å². The average molecular weight is 317 g/mol. The molecule has 2 aliphatic rings. The second-order valence-corrected chi connectivity index (χ2v) is 8.00. The Balaban J connectivity index is 1.73. The lowest BCUT2D eigenvalue weighted by atomic mass is 10.1. The number of likely N-dealkylation sites (tertiary alicyclic amines) is 1. The molecule has 0 atom stereocenters. The average Bonchev–Trinajstić information content (AvgIpc) is 2.91. The highest BCUT2D eigenvalue weighted by Crippen LogP contribution is 2.18. The summed E-state index contributed by atoms with van der Waals surface area (Å²) in [7, 11) is -3.16. The Hall–Kier alpha value is -0.820. The van der Waals surface area contributed by atoms with Crippen LogP contribution in [0.1, 0.15) is 51.9 Å². The Labute approximate surface area is 127 Å². The molecule has 0 radical (unpaired) electrons. The molecule has 1 aliphatic heterocycles. The maximum absolute atomic E-state index is 12.1. The largest absolute Gasteiger partial charge is 0.335 e. The third-order valence-corrected chi connectivity index (χ3v) is 5.92. The summed E-state index contributed by atoms with van der Waals surface area (Å²) in [6, 6.07) is 0.312. The van der Waals surface area contributed by atoms with E-state index in [0.717, 1.165) is 12.8 Å². The van der Waals surface area contributed by atoms with Gasteiger partial charge in [-0.3, -0.25) is 0 Å². The summed E-state index contributed by atoms with van der Waals surface area (Å²) >= 11 is 0. The van der Waals surface area contributed by atoms with Gasteiger partial charge in [-0.05, 0) is 32.1 Å². The predicted octanol–water partition coefficient (Wildman–Crippen LogP) is 1.43. The van der Waals surface area contributed by atoms with Crippen molar-refractivity contribution in [2.24, 2.45) is 0 Å². The molecule has 0 spiro atoms. The van der Waals surface area contributed by atoms with Crippen molar-refractivity contribution < 1.29 is 13.2 Å². The van der Waals surface area contributed by atoms with Gasteiger partial charge >= 0.3 is 6.03 Å². The van der Waals surface area contributed by atoms with Crippen molar-refractivity contribution in [2.45, 2.75) is 64.0 Å². The topological polar surface area (TPSA) is 78.5 Å². The second kappa shape index (κ2) is 7.45. The zero-order valence-corrected chi connectivity index (χ0v) is 13.6. The molecule has 2 fully saturated rings. The first kappa shape index (κ1) is 16.5. The molecule has 0 aromatic heterocycles. The number of nitrogens with zero attached hydrogens (tertiary/aromatic N) is 1. The molecule has 1 heterocycles. The Kier molecular flexibility index (Phi) is 5.87. The van der Waals surface area contributed by atoms with Crippen LogP contribution in [-0.2, 0) is 10.0 Å². The summed E-state index contributed by atoms with van der Waals surface area (Å²) < 4.78 is 26.2. The molecule has 0 unspecified atom stereocenters. The molecule has 6 nitrogen and oxygen atoms in total. The Morgan fingerprint density at radius 1 is 1.10 bits per heavy atom. The summed E-state index contributed by atoms with van der Waals surface area (Å²) in [5.74, 6) is 0.176. The first-order valence-corrected chi connectivity index (χ1v) is 9.71. The number of urea groups is 1. The number of sulfonamides is 1. The van der Waals surface area contributed by atoms with Crippen molar-refractivity contribution in [1.29, 1.82) is 0 Å². The minimum Gasteiger partial charge on any atom is -0.335 e. The van der Waals surface area contributed by atoms with Gasteiger partial charge in [-0.15, -0.1) is 0 Å². The molecular formula is C14H27N3O3S. The van der Waals surface area contributed by atoms with E-state index in [0.29, 0.717) is 38.4 Å². The predicted molar refractivity (Wildman–Crippen MR) is 82.6 cm³/mol. The fraction of sp³-hybridized carbons (Fsp3) is 0.929. The van der Waals surface area contributed by atoms with Gasteiger partial charge < -0.3 is 10.2 Å². The smallest absolute Gasteiger partial charge is 0.317 e. The molecular weight excluding hydrogens is 290 g/mol. The van der Waals surface area contributed by atoms with Crippen LogP contribution in [0.25, 0.3) is 0 Å². The van der Waals surface area contributed by atoms with Gasteiger partial charge in [-0.1, -0.05) is 19.8 Å². The summed E-state index contributed by atoms with van der Waals surface area (Å²) in [4.78, 5) is 13.9. The first-order chi connectivity index (χ1) is 10.00. The molecule has 1 saturated heterocycles. The van der Waals surface area contributed by atoms with Gasteiger partial charge in [-0.25, -0.2) is 17.9 Å². The van der Waals surface area contributed by atoms with Crippen molar-refractivity contribution in [3.8, 4) is 0 Å². The number of amides is 2. The number of carbonyl (C=O) groups is 1. The zero-order chi connectivity index (χ0) is 15.3. The second-order valence-electron chi connectivity index (χ2n) is 6.13. The van der Waals surface area contributed by atoms with E-state index in [1.165, 1.54) is 12.8 Å². The Morgan fingerprint density at radius 2 is 1.71 bits per heavy atom. The van der Waals surface area contributed by atoms with Gasteiger partial charge in [0.05, 0.1) is 5.75 Å². The van der Waals surface area contributed by atoms with Gasteiger partial charge in [0.1, 0.15) is 0 Å². The SMILES string of the molecule is CCCS(=O)(=O)NC1CCN(C(=O)NC2CCCC2)CC1. The monoisotopic (exact) mass is 317 g/mol. The number of hydrogen-bond donors (Lipinski definition) is 2. The number of hydrogen-bond acceptors (Lipinski definition) is 3. The highest BCUT2D eigenvalue weighted by molar-refractivity contribution is 7.89. The van der Waals surface area contributed by atoms with Gasteiger partial charge in [0.25, 0.3) is 0 Å². The molecule has 2 N–H and O–H groups in total. The summed E-state index contributed by atoms with van der Waals surface area (Å²) in [6.07, 6.45) is 6.58. The van der Waals surface area contributed by atoms with Crippen LogP contribution in [0.4, 0.5) is 4.79 Å². The fourth-order valence-corrected chi connectivity index (χ4v) is 4.52. The van der Waals surface area contributed by atoms with Gasteiger partial charge in [0, 0.05) is 25.2 Å². The summed E-state index contributed by atoms with van der Waals surface area (Å²) in [5.41, 5.74) is 0. The minimum atomic E-state index is -3.16. The number of carbonyl (C=O) groups excluding carboxylic acids is 1. The number of nitrogens with one attached hydrogen (secondary N) is 2. The van der Waals surface area contributed by atoms with E-state index in [1.54, 1.807) is 0 Å². The highest BCUT2D eigenvalue weighted by atomic mass is 32.2. The maximum Gasteiger partial charge on any atom is 0.317 e. The van der Waals surface area contributed by atoms with Gasteiger partial charge in [0.15, 0.2) is 0 Å². The molecule has 1 saturated carbocycles. The first-order valence-electron chi connectivity index (χ1n) is 8.05. The molecule has 2 amide bonds. The third-order valence-electron chi connectivity index (χ3n) is 4.28. The lowest BCUT2D eigenvalue weighted by Crippen LogP contribution is -2.51. The van der Waals surface area contributed by atoms with Crippen LogP contribution in [-0.4, -0.2) is 50.3 Å². The van der Waals surface area contributed by atoms with Crippen LogP contribution in [0.5, 0.6) is 0 Å². The molecule has 0 bridgehead atoms. The molecule has 21 heavy (non-hydrogen) atoms. The molecule has 0 aromatic carbocycles. The van der Waals surface area contributed by atoms with Crippen LogP contribution in [0, 0.1) is 0 Å². The Morgan fingerprint density at radius 3 is 2.29 bits per heavy atom. The standard InChI is InChI=1S/C14H27N3O3S/c1-2-11-21(19,20)16-13-7-9-17(10-8-13)14(18)15-12-5-3-4-6-12/h12-13,16H,2-11H2,1H3,(H,15,18). The van der Waals surface area contributed by atoms with Crippen molar-refractivity contribution in [3.05, 3.63) is 0 Å². The molecule has 2 rings (SSSR count). The van der Waals surface area contributed by atoms with Crippen molar-refractivity contribution in [3.63, 3.8) is 0 Å². The number of piperidine rings is 1. The van der Waals surface area contributed by atoms with Crippen LogP contribution in [0.3, 0.4) is 0 Å². The van der Waals surface area contributed by atoms with E-state index < -0.39 is 10.0 Å². The zero-order valence-electron chi connectivity index (χ0n) is 12.8. The lowest BCUT2D eigenvalue weighted by molar-refractivity contribution is 0.176. The van der Waals surface area contributed by atoms with Crippen LogP contribution in [0.15, 0.2) is 0 Å². The summed E-state index contributed by atoms with van der Waals surface area (Å²) in [5, 5.41) is 3.08. The third kappa shape index (κ3) is 5.14. The number of rotatable bonds is 5. The molecule has 122 valence electrons. The van der Waals surface area contributed by atoms with E-state index in [9.17, 15) is 13.2 Å². The lowest BCUT2D eigenvalue weighted by Gasteiger charge is -2.33. The van der Waals surface area contributed by atoms with Crippen molar-refractivity contribution >= 4 is 16.1 Å². The molecule has 1 aliphatic carbocycles. The maximum atomic E-state index is 12.1. The van der Waals surface area contributed by atoms with Crippen molar-refractivity contribution in [2.75, 3.05) is 18.8 Å². The van der Waals surface area contributed by atoms with Crippen LogP contribution >= 0.6 is 0 Å². The quantitative estimate of drug-likeness (QED) is 0.805. The van der Waals surface area contributed by atoms with Crippen LogP contribution in [0.2, 0.25) is 0 Å². The highest BCUT2D eigenvalue weighted by Gasteiger charge is 2.27. The van der Waals surface area contributed by atoms with Crippen molar-refractivity contribution in [1.82, 2.24) is 14.9 Å². The van der Waals surface area contributed by atoms with Gasteiger partial charge in [0.2, 0.25) is 10.0 Å². The molecule has 7 heteroatoms. The fourth-order valence-electron chi connectivity index (χ4n) is 3.12. The van der Waals surface area contributed by atoms with E-state index in [2.05, 4.69) is 10.0 Å². The van der Waals surface area contributed by atoms with Gasteiger partial charge in [-0.2, -0.15) is 0 Å². The Bertz CT molecular complexity index is 438.